The Hall–Kier alpha value is -2.72. The van der Waals surface area contributed by atoms with Crippen LogP contribution in [0.25, 0.3) is 0 Å². The molecule has 29 heavy (non-hydrogen) atoms. The zero-order valence-corrected chi connectivity index (χ0v) is 18.2. The highest BCUT2D eigenvalue weighted by molar-refractivity contribution is 9.09. The van der Waals surface area contributed by atoms with E-state index >= 15 is 0 Å². The van der Waals surface area contributed by atoms with E-state index in [1.165, 1.54) is 4.90 Å². The molecule has 0 fully saturated rings. The van der Waals surface area contributed by atoms with Crippen LogP contribution in [0.1, 0.15) is 36.7 Å². The Morgan fingerprint density at radius 2 is 1.90 bits per heavy atom. The Morgan fingerprint density at radius 1 is 1.21 bits per heavy atom. The number of nitriles is 1. The van der Waals surface area contributed by atoms with Crippen molar-refractivity contribution in [3.8, 4) is 17.7 Å². The standard InChI is InChI=1S/C22H23BrN2O4/c1-22(2,3)29-21(26)20(25(13-24)12-15-7-5-4-6-8-15)19(23)16-9-10-17-18(11-16)28-14-27-17/h4-11,19-20H,12,14H2,1-3H3/t19-,20-/m0/s1. The third kappa shape index (κ3) is 5.21. The van der Waals surface area contributed by atoms with Gasteiger partial charge in [-0.3, -0.25) is 4.90 Å². The summed E-state index contributed by atoms with van der Waals surface area (Å²) in [6, 6.07) is 14.1. The van der Waals surface area contributed by atoms with Crippen molar-refractivity contribution in [2.45, 2.75) is 43.8 Å². The molecule has 2 atom stereocenters. The number of benzene rings is 2. The van der Waals surface area contributed by atoms with Crippen molar-refractivity contribution in [1.82, 2.24) is 4.90 Å². The van der Waals surface area contributed by atoms with Crippen LogP contribution < -0.4 is 9.47 Å². The number of carbonyl (C=O) groups excluding carboxylic acids is 1. The smallest absolute Gasteiger partial charge is 0.331 e. The van der Waals surface area contributed by atoms with Crippen molar-refractivity contribution in [2.24, 2.45) is 0 Å². The minimum atomic E-state index is -0.861. The molecule has 1 aliphatic heterocycles. The summed E-state index contributed by atoms with van der Waals surface area (Å²) < 4.78 is 16.5. The number of halogens is 1. The van der Waals surface area contributed by atoms with E-state index in [-0.39, 0.29) is 13.3 Å². The summed E-state index contributed by atoms with van der Waals surface area (Å²) in [5.41, 5.74) is 1.04. The van der Waals surface area contributed by atoms with Gasteiger partial charge in [-0.1, -0.05) is 52.3 Å². The SMILES string of the molecule is CC(C)(C)OC(=O)[C@H]([C@@H](Br)c1ccc2c(c1)OCO2)N(C#N)Cc1ccccc1. The summed E-state index contributed by atoms with van der Waals surface area (Å²) in [5, 5.41) is 9.86. The van der Waals surface area contributed by atoms with Crippen LogP contribution in [0.2, 0.25) is 0 Å². The molecule has 7 heteroatoms. The normalized spacial score (nSPS) is 14.6. The van der Waals surface area contributed by atoms with Gasteiger partial charge in [0.05, 0.1) is 11.4 Å². The molecule has 0 aliphatic carbocycles. The molecule has 0 bridgehead atoms. The van der Waals surface area contributed by atoms with E-state index in [0.29, 0.717) is 11.5 Å². The highest BCUT2D eigenvalue weighted by atomic mass is 79.9. The maximum atomic E-state index is 13.1. The van der Waals surface area contributed by atoms with Gasteiger partial charge >= 0.3 is 5.97 Å². The van der Waals surface area contributed by atoms with Gasteiger partial charge in [-0.2, -0.15) is 5.26 Å². The molecule has 0 amide bonds. The molecule has 0 spiro atoms. The second-order valence-electron chi connectivity index (χ2n) is 7.71. The molecule has 0 saturated carbocycles. The number of hydrogen-bond acceptors (Lipinski definition) is 6. The van der Waals surface area contributed by atoms with Gasteiger partial charge < -0.3 is 14.2 Å². The average Bonchev–Trinajstić information content (AvgIpc) is 3.14. The van der Waals surface area contributed by atoms with Gasteiger partial charge in [-0.15, -0.1) is 0 Å². The molecule has 1 aliphatic rings. The first-order valence-corrected chi connectivity index (χ1v) is 10.2. The quantitative estimate of drug-likeness (QED) is 0.273. The topological polar surface area (TPSA) is 71.8 Å². The van der Waals surface area contributed by atoms with Gasteiger partial charge in [0.2, 0.25) is 6.79 Å². The van der Waals surface area contributed by atoms with Gasteiger partial charge in [0.1, 0.15) is 5.60 Å². The Labute approximate surface area is 179 Å². The number of ether oxygens (including phenoxy) is 3. The maximum Gasteiger partial charge on any atom is 0.331 e. The van der Waals surface area contributed by atoms with E-state index in [1.54, 1.807) is 26.8 Å². The van der Waals surface area contributed by atoms with Gasteiger partial charge in [0.25, 0.3) is 0 Å². The largest absolute Gasteiger partial charge is 0.458 e. The van der Waals surface area contributed by atoms with Crippen molar-refractivity contribution in [3.63, 3.8) is 0 Å². The summed E-state index contributed by atoms with van der Waals surface area (Å²) >= 11 is 3.63. The molecular weight excluding hydrogens is 436 g/mol. The third-order valence-electron chi connectivity index (χ3n) is 4.30. The number of carbonyl (C=O) groups is 1. The molecule has 3 rings (SSSR count). The first kappa shape index (κ1) is 21.0. The minimum absolute atomic E-state index is 0.166. The van der Waals surface area contributed by atoms with Gasteiger partial charge in [0, 0.05) is 0 Å². The van der Waals surface area contributed by atoms with Gasteiger partial charge in [-0.05, 0) is 44.0 Å². The second kappa shape index (κ2) is 8.75. The molecule has 0 radical (unpaired) electrons. The van der Waals surface area contributed by atoms with Crippen LogP contribution >= 0.6 is 15.9 Å². The van der Waals surface area contributed by atoms with Crippen LogP contribution in [0.3, 0.4) is 0 Å². The van der Waals surface area contributed by atoms with Gasteiger partial charge in [0.15, 0.2) is 23.7 Å². The predicted molar refractivity (Wildman–Crippen MR) is 111 cm³/mol. The predicted octanol–water partition coefficient (Wildman–Crippen LogP) is 4.54. The zero-order chi connectivity index (χ0) is 21.0. The van der Waals surface area contributed by atoms with Crippen LogP contribution in [0.15, 0.2) is 48.5 Å². The summed E-state index contributed by atoms with van der Waals surface area (Å²) in [5.74, 6) is 0.791. The molecule has 1 heterocycles. The number of nitrogens with zero attached hydrogens (tertiary/aromatic N) is 2. The Kier molecular flexibility index (Phi) is 6.33. The lowest BCUT2D eigenvalue weighted by molar-refractivity contribution is -0.160. The summed E-state index contributed by atoms with van der Waals surface area (Å²) in [6.07, 6.45) is 2.17. The van der Waals surface area contributed by atoms with Crippen molar-refractivity contribution in [2.75, 3.05) is 6.79 Å². The van der Waals surface area contributed by atoms with Crippen molar-refractivity contribution >= 4 is 21.9 Å². The Morgan fingerprint density at radius 3 is 2.55 bits per heavy atom. The summed E-state index contributed by atoms with van der Waals surface area (Å²) in [4.78, 5) is 14.0. The van der Waals surface area contributed by atoms with Crippen LogP contribution in [-0.2, 0) is 16.1 Å². The summed E-state index contributed by atoms with van der Waals surface area (Å²) in [7, 11) is 0. The van der Waals surface area contributed by atoms with E-state index in [4.69, 9.17) is 14.2 Å². The summed E-state index contributed by atoms with van der Waals surface area (Å²) in [6.45, 7) is 5.87. The maximum absolute atomic E-state index is 13.1. The number of fused-ring (bicyclic) bond motifs is 1. The molecule has 6 nitrogen and oxygen atoms in total. The van der Waals surface area contributed by atoms with Crippen molar-refractivity contribution in [3.05, 3.63) is 59.7 Å². The molecule has 0 aromatic heterocycles. The molecular formula is C22H23BrN2O4. The lowest BCUT2D eigenvalue weighted by Gasteiger charge is -2.32. The minimum Gasteiger partial charge on any atom is -0.458 e. The number of esters is 1. The monoisotopic (exact) mass is 458 g/mol. The van der Waals surface area contributed by atoms with Crippen molar-refractivity contribution < 1.29 is 19.0 Å². The van der Waals surface area contributed by atoms with E-state index in [0.717, 1.165) is 11.1 Å². The van der Waals surface area contributed by atoms with E-state index in [2.05, 4.69) is 22.1 Å². The first-order valence-electron chi connectivity index (χ1n) is 9.25. The van der Waals surface area contributed by atoms with Gasteiger partial charge in [-0.25, -0.2) is 4.79 Å². The Bertz CT molecular complexity index is 905. The highest BCUT2D eigenvalue weighted by Crippen LogP contribution is 2.39. The lowest BCUT2D eigenvalue weighted by Crippen LogP contribution is -2.44. The van der Waals surface area contributed by atoms with Crippen LogP contribution in [0.4, 0.5) is 0 Å². The van der Waals surface area contributed by atoms with Crippen LogP contribution in [0.5, 0.6) is 11.5 Å². The molecule has 2 aromatic carbocycles. The number of hydrogen-bond donors (Lipinski definition) is 0. The fourth-order valence-electron chi connectivity index (χ4n) is 3.01. The average molecular weight is 459 g/mol. The molecule has 2 aromatic rings. The number of rotatable bonds is 6. The Balaban J connectivity index is 1.93. The highest BCUT2D eigenvalue weighted by Gasteiger charge is 2.37. The fraction of sp³-hybridized carbons (Fsp3) is 0.364. The molecule has 0 N–H and O–H groups in total. The van der Waals surface area contributed by atoms with E-state index in [1.807, 2.05) is 42.5 Å². The zero-order valence-electron chi connectivity index (χ0n) is 16.6. The number of alkyl halides is 1. The lowest BCUT2D eigenvalue weighted by atomic mass is 10.0. The first-order chi connectivity index (χ1) is 13.8. The van der Waals surface area contributed by atoms with E-state index in [9.17, 15) is 10.1 Å². The molecule has 0 unspecified atom stereocenters. The van der Waals surface area contributed by atoms with Crippen LogP contribution in [-0.4, -0.2) is 29.3 Å². The van der Waals surface area contributed by atoms with Crippen LogP contribution in [0, 0.1) is 11.5 Å². The molecule has 152 valence electrons. The van der Waals surface area contributed by atoms with E-state index < -0.39 is 22.4 Å². The third-order valence-corrected chi connectivity index (χ3v) is 5.33. The second-order valence-corrected chi connectivity index (χ2v) is 8.69. The fourth-order valence-corrected chi connectivity index (χ4v) is 3.80. The van der Waals surface area contributed by atoms with Crippen molar-refractivity contribution in [1.29, 1.82) is 5.26 Å². The molecule has 0 saturated heterocycles.